The number of carbonyl (C=O) groups excluding carboxylic acids is 1. The Morgan fingerprint density at radius 3 is 2.80 bits per heavy atom. The number of ketones is 1. The van der Waals surface area contributed by atoms with E-state index in [2.05, 4.69) is 12.1 Å². The molecule has 0 bridgehead atoms. The van der Waals surface area contributed by atoms with E-state index in [4.69, 9.17) is 0 Å². The summed E-state index contributed by atoms with van der Waals surface area (Å²) in [5.41, 5.74) is 2.59. The zero-order valence-electron chi connectivity index (χ0n) is 5.22. The Kier molecular flexibility index (Phi) is 0.480. The fraction of sp³-hybridized carbons (Fsp3) is 0. The van der Waals surface area contributed by atoms with Gasteiger partial charge in [-0.25, -0.2) is 0 Å². The first kappa shape index (κ1) is 4.45. The molecule has 0 fully saturated rings. The predicted octanol–water partition coefficient (Wildman–Crippen LogP) is -0.189. The minimum atomic E-state index is 0.133. The standard InChI is InChI=1S/C9H4O/c10-7-2-5-1-6-3-8(6)9(5)4-7/h1-4H. The van der Waals surface area contributed by atoms with E-state index in [1.807, 2.05) is 0 Å². The van der Waals surface area contributed by atoms with Crippen molar-refractivity contribution in [1.29, 1.82) is 0 Å². The second-order valence-electron chi connectivity index (χ2n) is 2.72. The van der Waals surface area contributed by atoms with Gasteiger partial charge >= 0.3 is 0 Å². The Morgan fingerprint density at radius 1 is 1.10 bits per heavy atom. The molecule has 0 heterocycles. The summed E-state index contributed by atoms with van der Waals surface area (Å²) in [6.07, 6.45) is 3.40. The molecule has 3 aliphatic carbocycles. The summed E-state index contributed by atoms with van der Waals surface area (Å²) in [6, 6.07) is 4.16. The zero-order valence-corrected chi connectivity index (χ0v) is 5.22. The lowest BCUT2D eigenvalue weighted by atomic mass is 10.4. The molecule has 0 aromatic heterocycles. The Labute approximate surface area is 57.3 Å². The normalized spacial score (nSPS) is 15.8. The van der Waals surface area contributed by atoms with Crippen LogP contribution >= 0.6 is 0 Å². The topological polar surface area (TPSA) is 17.1 Å². The van der Waals surface area contributed by atoms with Gasteiger partial charge in [-0.1, -0.05) is 0 Å². The van der Waals surface area contributed by atoms with E-state index >= 15 is 0 Å². The third-order valence-corrected chi connectivity index (χ3v) is 2.02. The largest absolute Gasteiger partial charge is 0.290 e. The van der Waals surface area contributed by atoms with Crippen molar-refractivity contribution in [2.24, 2.45) is 0 Å². The minimum absolute atomic E-state index is 0.133. The number of hydrogen-bond donors (Lipinski definition) is 0. The van der Waals surface area contributed by atoms with Gasteiger partial charge in [0.25, 0.3) is 0 Å². The third kappa shape index (κ3) is 0.346. The molecule has 0 aliphatic heterocycles. The molecule has 0 saturated heterocycles. The SMILES string of the molecule is O=C1C=c2cc3cc-3c2=C1. The molecule has 0 atom stereocenters. The lowest BCUT2D eigenvalue weighted by Crippen LogP contribution is -2.14. The van der Waals surface area contributed by atoms with Crippen molar-refractivity contribution in [3.05, 3.63) is 22.6 Å². The van der Waals surface area contributed by atoms with Crippen molar-refractivity contribution in [3.8, 4) is 11.1 Å². The van der Waals surface area contributed by atoms with E-state index in [0.717, 1.165) is 10.4 Å². The van der Waals surface area contributed by atoms with Gasteiger partial charge in [-0.2, -0.15) is 0 Å². The van der Waals surface area contributed by atoms with Gasteiger partial charge in [0.05, 0.1) is 0 Å². The fourth-order valence-electron chi connectivity index (χ4n) is 1.49. The number of hydrogen-bond acceptors (Lipinski definition) is 1. The summed E-state index contributed by atoms with van der Waals surface area (Å²) in [6.45, 7) is 0. The smallest absolute Gasteiger partial charge is 0.179 e. The van der Waals surface area contributed by atoms with Gasteiger partial charge in [-0.15, -0.1) is 0 Å². The molecule has 0 spiro atoms. The number of carbonyl (C=O) groups is 1. The van der Waals surface area contributed by atoms with Crippen LogP contribution in [-0.2, 0) is 4.79 Å². The molecule has 0 amide bonds. The van der Waals surface area contributed by atoms with Crippen LogP contribution < -0.4 is 10.4 Å². The molecule has 1 heteroatoms. The summed E-state index contributed by atoms with van der Waals surface area (Å²) in [5.74, 6) is 0.133. The quantitative estimate of drug-likeness (QED) is 0.480. The van der Waals surface area contributed by atoms with Crippen molar-refractivity contribution in [3.63, 3.8) is 0 Å². The fourth-order valence-corrected chi connectivity index (χ4v) is 1.49. The molecule has 0 aromatic carbocycles. The van der Waals surface area contributed by atoms with E-state index in [9.17, 15) is 4.79 Å². The number of rotatable bonds is 0. The highest BCUT2D eigenvalue weighted by Gasteiger charge is 2.18. The first-order valence-corrected chi connectivity index (χ1v) is 3.26. The molecular formula is C9H4O. The molecule has 46 valence electrons. The molecule has 0 radical (unpaired) electrons. The predicted molar refractivity (Wildman–Crippen MR) is 38.6 cm³/mol. The lowest BCUT2D eigenvalue weighted by molar-refractivity contribution is -0.107. The van der Waals surface area contributed by atoms with E-state index in [-0.39, 0.29) is 5.78 Å². The summed E-state index contributed by atoms with van der Waals surface area (Å²) in [4.78, 5) is 10.8. The molecule has 1 nitrogen and oxygen atoms in total. The maximum atomic E-state index is 10.8. The first-order chi connectivity index (χ1) is 4.84. The van der Waals surface area contributed by atoms with Crippen molar-refractivity contribution < 1.29 is 4.79 Å². The summed E-state index contributed by atoms with van der Waals surface area (Å²) < 4.78 is 0. The van der Waals surface area contributed by atoms with Crippen LogP contribution in [0.2, 0.25) is 0 Å². The van der Waals surface area contributed by atoms with Gasteiger partial charge in [-0.3, -0.25) is 4.79 Å². The lowest BCUT2D eigenvalue weighted by Gasteiger charge is -1.68. The molecular weight excluding hydrogens is 124 g/mol. The summed E-state index contributed by atoms with van der Waals surface area (Å²) >= 11 is 0. The average molecular weight is 128 g/mol. The molecule has 0 N–H and O–H groups in total. The van der Waals surface area contributed by atoms with Crippen molar-refractivity contribution in [2.75, 3.05) is 0 Å². The van der Waals surface area contributed by atoms with Gasteiger partial charge in [0.2, 0.25) is 0 Å². The van der Waals surface area contributed by atoms with Crippen LogP contribution in [0.25, 0.3) is 23.3 Å². The molecule has 0 saturated carbocycles. The van der Waals surface area contributed by atoms with Crippen LogP contribution in [0.3, 0.4) is 0 Å². The molecule has 10 heavy (non-hydrogen) atoms. The minimum Gasteiger partial charge on any atom is -0.290 e. The van der Waals surface area contributed by atoms with Crippen LogP contribution in [0.15, 0.2) is 12.1 Å². The molecule has 0 aromatic rings. The second kappa shape index (κ2) is 1.08. The van der Waals surface area contributed by atoms with Crippen LogP contribution in [0, 0.1) is 0 Å². The van der Waals surface area contributed by atoms with Crippen LogP contribution in [0.1, 0.15) is 0 Å². The number of benzene rings is 1. The van der Waals surface area contributed by atoms with Gasteiger partial charge < -0.3 is 0 Å². The maximum Gasteiger partial charge on any atom is 0.179 e. The van der Waals surface area contributed by atoms with Gasteiger partial charge in [-0.05, 0) is 45.8 Å². The van der Waals surface area contributed by atoms with Crippen LogP contribution in [0.5, 0.6) is 0 Å². The van der Waals surface area contributed by atoms with E-state index in [1.54, 1.807) is 12.2 Å². The summed E-state index contributed by atoms with van der Waals surface area (Å²) in [7, 11) is 0. The summed E-state index contributed by atoms with van der Waals surface area (Å²) in [5, 5.41) is 2.25. The van der Waals surface area contributed by atoms with Crippen molar-refractivity contribution in [2.45, 2.75) is 0 Å². The van der Waals surface area contributed by atoms with Gasteiger partial charge in [0, 0.05) is 0 Å². The average Bonchev–Trinajstić information content (AvgIpc) is 2.40. The second-order valence-corrected chi connectivity index (χ2v) is 2.72. The Balaban J connectivity index is 2.67. The molecule has 3 rings (SSSR count). The van der Waals surface area contributed by atoms with E-state index < -0.39 is 0 Å². The Bertz CT molecular complexity index is 466. The van der Waals surface area contributed by atoms with E-state index in [1.165, 1.54) is 11.1 Å². The Morgan fingerprint density at radius 2 is 2.00 bits per heavy atom. The van der Waals surface area contributed by atoms with E-state index in [0.29, 0.717) is 0 Å². The first-order valence-electron chi connectivity index (χ1n) is 3.26. The number of Topliss-reactive ketones (excluding diaryl/α,β-unsaturated/α-hetero) is 1. The van der Waals surface area contributed by atoms with Crippen molar-refractivity contribution in [1.82, 2.24) is 0 Å². The highest BCUT2D eigenvalue weighted by molar-refractivity contribution is 6.27. The van der Waals surface area contributed by atoms with Crippen LogP contribution in [0.4, 0.5) is 0 Å². The van der Waals surface area contributed by atoms with Crippen LogP contribution in [-0.4, -0.2) is 5.78 Å². The maximum absolute atomic E-state index is 10.8. The van der Waals surface area contributed by atoms with Gasteiger partial charge in [0.15, 0.2) is 5.78 Å². The monoisotopic (exact) mass is 128 g/mol. The Hall–Kier alpha value is -1.37. The van der Waals surface area contributed by atoms with Crippen molar-refractivity contribution >= 4 is 17.9 Å². The highest BCUT2D eigenvalue weighted by Crippen LogP contribution is 2.27. The number of fused-ring (bicyclic) bond motifs is 3. The zero-order chi connectivity index (χ0) is 6.72. The molecule has 3 aliphatic rings. The highest BCUT2D eigenvalue weighted by atomic mass is 16.1. The van der Waals surface area contributed by atoms with Gasteiger partial charge in [0.1, 0.15) is 0 Å². The third-order valence-electron chi connectivity index (χ3n) is 2.02. The molecule has 0 unspecified atom stereocenters.